The molecule has 6 nitrogen and oxygen atoms in total. The number of anilines is 1. The number of rotatable bonds is 5. The first kappa shape index (κ1) is 20.2. The highest BCUT2D eigenvalue weighted by molar-refractivity contribution is 9.10. The number of benzene rings is 2. The fourth-order valence-electron chi connectivity index (χ4n) is 3.46. The molecular weight excluding hydrogens is 440 g/mol. The molecule has 28 heavy (non-hydrogen) atoms. The number of nitrogens with zero attached hydrogens (tertiary/aromatic N) is 1. The Bertz CT molecular complexity index is 968. The van der Waals surface area contributed by atoms with E-state index < -0.39 is 47.8 Å². The Labute approximate surface area is 167 Å². The maximum absolute atomic E-state index is 14.0. The number of aliphatic hydroxyl groups is 1. The number of amides is 1. The second-order valence-electron chi connectivity index (χ2n) is 6.18. The van der Waals surface area contributed by atoms with Gasteiger partial charge in [0.1, 0.15) is 17.7 Å². The lowest BCUT2D eigenvalue weighted by Gasteiger charge is -2.28. The molecule has 0 saturated heterocycles. The second kappa shape index (κ2) is 7.48. The van der Waals surface area contributed by atoms with Crippen LogP contribution in [0.5, 0.6) is 5.75 Å². The summed E-state index contributed by atoms with van der Waals surface area (Å²) in [5, 5.41) is 20.5. The van der Waals surface area contributed by atoms with Gasteiger partial charge >= 0.3 is 5.97 Å². The van der Waals surface area contributed by atoms with E-state index in [9.17, 15) is 28.6 Å². The van der Waals surface area contributed by atoms with Gasteiger partial charge in [-0.1, -0.05) is 22.0 Å². The number of aromatic hydroxyl groups is 1. The Morgan fingerprint density at radius 3 is 2.61 bits per heavy atom. The minimum atomic E-state index is -1.93. The average Bonchev–Trinajstić information content (AvgIpc) is 2.89. The third-order valence-corrected chi connectivity index (χ3v) is 5.31. The summed E-state index contributed by atoms with van der Waals surface area (Å²) >= 11 is 3.31. The molecule has 0 fully saturated rings. The van der Waals surface area contributed by atoms with Gasteiger partial charge in [0, 0.05) is 21.7 Å². The van der Waals surface area contributed by atoms with Gasteiger partial charge in [-0.2, -0.15) is 0 Å². The summed E-state index contributed by atoms with van der Waals surface area (Å²) in [6.07, 6.45) is 0. The van der Waals surface area contributed by atoms with E-state index >= 15 is 0 Å². The van der Waals surface area contributed by atoms with Crippen LogP contribution in [0.1, 0.15) is 18.1 Å². The van der Waals surface area contributed by atoms with E-state index in [1.54, 1.807) is 25.1 Å². The second-order valence-corrected chi connectivity index (χ2v) is 7.03. The minimum absolute atomic E-state index is 0.112. The lowest BCUT2D eigenvalue weighted by molar-refractivity contribution is -0.142. The van der Waals surface area contributed by atoms with Gasteiger partial charge in [0.15, 0.2) is 11.6 Å². The van der Waals surface area contributed by atoms with Crippen LogP contribution in [0.3, 0.4) is 0 Å². The van der Waals surface area contributed by atoms with E-state index in [2.05, 4.69) is 15.9 Å². The van der Waals surface area contributed by atoms with E-state index in [4.69, 9.17) is 4.74 Å². The summed E-state index contributed by atoms with van der Waals surface area (Å²) in [7, 11) is 0. The molecule has 0 saturated carbocycles. The van der Waals surface area contributed by atoms with Crippen molar-refractivity contribution >= 4 is 33.5 Å². The Balaban J connectivity index is 2.27. The van der Waals surface area contributed by atoms with Crippen molar-refractivity contribution in [1.82, 2.24) is 0 Å². The number of halogens is 3. The molecule has 1 aliphatic rings. The Kier molecular flexibility index (Phi) is 5.40. The highest BCUT2D eigenvalue weighted by atomic mass is 79.9. The summed E-state index contributed by atoms with van der Waals surface area (Å²) in [4.78, 5) is 26.5. The third-order valence-electron chi connectivity index (χ3n) is 4.65. The molecule has 2 aromatic rings. The first-order valence-corrected chi connectivity index (χ1v) is 9.13. The van der Waals surface area contributed by atoms with Crippen LogP contribution in [0.25, 0.3) is 0 Å². The zero-order chi connectivity index (χ0) is 20.6. The van der Waals surface area contributed by atoms with Crippen LogP contribution in [-0.2, 0) is 19.7 Å². The molecule has 1 atom stereocenters. The number of ether oxygens (including phenoxy) is 1. The maximum atomic E-state index is 14.0. The number of hydrogen-bond donors (Lipinski definition) is 2. The number of phenols is 1. The van der Waals surface area contributed by atoms with Crippen molar-refractivity contribution < 1.29 is 33.3 Å². The van der Waals surface area contributed by atoms with Gasteiger partial charge in [-0.05, 0) is 25.1 Å². The van der Waals surface area contributed by atoms with Crippen molar-refractivity contribution in [3.05, 3.63) is 57.6 Å². The molecule has 2 aromatic carbocycles. The van der Waals surface area contributed by atoms with E-state index in [1.165, 1.54) is 0 Å². The zero-order valence-corrected chi connectivity index (χ0v) is 16.3. The first-order valence-electron chi connectivity index (χ1n) is 8.33. The summed E-state index contributed by atoms with van der Waals surface area (Å²) in [5.41, 5.74) is -1.72. The predicted molar refractivity (Wildman–Crippen MR) is 99.0 cm³/mol. The number of carbonyl (C=O) groups excluding carboxylic acids is 2. The fraction of sp³-hybridized carbons (Fsp3) is 0.263. The smallest absolute Gasteiger partial charge is 0.326 e. The first-order chi connectivity index (χ1) is 13.3. The number of fused-ring (bicyclic) bond motifs is 1. The van der Waals surface area contributed by atoms with Crippen LogP contribution in [0, 0.1) is 11.6 Å². The van der Waals surface area contributed by atoms with Gasteiger partial charge in [0.05, 0.1) is 18.9 Å². The molecule has 1 unspecified atom stereocenters. The zero-order valence-electron chi connectivity index (χ0n) is 14.7. The molecule has 2 N–H and O–H groups in total. The van der Waals surface area contributed by atoms with Gasteiger partial charge in [-0.15, -0.1) is 0 Å². The molecule has 1 amide bonds. The fourth-order valence-corrected chi connectivity index (χ4v) is 4.15. The van der Waals surface area contributed by atoms with Gasteiger partial charge in [0.25, 0.3) is 0 Å². The number of esters is 1. The normalized spacial score (nSPS) is 18.3. The highest BCUT2D eigenvalue weighted by Gasteiger charge is 2.55. The van der Waals surface area contributed by atoms with Crippen LogP contribution in [-0.4, -0.2) is 41.8 Å². The van der Waals surface area contributed by atoms with Crippen LogP contribution >= 0.6 is 15.9 Å². The van der Waals surface area contributed by atoms with E-state index in [1.807, 2.05) is 0 Å². The Morgan fingerprint density at radius 1 is 1.29 bits per heavy atom. The van der Waals surface area contributed by atoms with Crippen LogP contribution < -0.4 is 4.90 Å². The van der Waals surface area contributed by atoms with Crippen molar-refractivity contribution in [3.63, 3.8) is 0 Å². The van der Waals surface area contributed by atoms with Crippen molar-refractivity contribution in [2.24, 2.45) is 0 Å². The van der Waals surface area contributed by atoms with Gasteiger partial charge < -0.3 is 14.9 Å². The molecule has 148 valence electrons. The quantitative estimate of drug-likeness (QED) is 0.676. The van der Waals surface area contributed by atoms with E-state index in [0.717, 1.165) is 4.90 Å². The highest BCUT2D eigenvalue weighted by Crippen LogP contribution is 2.51. The predicted octanol–water partition coefficient (Wildman–Crippen LogP) is 2.62. The Morgan fingerprint density at radius 2 is 1.96 bits per heavy atom. The van der Waals surface area contributed by atoms with Crippen LogP contribution in [0.4, 0.5) is 14.5 Å². The monoisotopic (exact) mass is 455 g/mol. The molecule has 1 heterocycles. The number of hydrogen-bond acceptors (Lipinski definition) is 5. The summed E-state index contributed by atoms with van der Waals surface area (Å²) in [5.74, 6) is -4.72. The summed E-state index contributed by atoms with van der Waals surface area (Å²) in [6.45, 7) is 0.439. The molecular formula is C19H16BrF2NO5. The molecule has 0 aromatic heterocycles. The van der Waals surface area contributed by atoms with Crippen molar-refractivity contribution in [1.29, 1.82) is 0 Å². The molecule has 0 spiro atoms. The van der Waals surface area contributed by atoms with Crippen LogP contribution in [0.15, 0.2) is 34.8 Å². The third kappa shape index (κ3) is 2.94. The van der Waals surface area contributed by atoms with Crippen molar-refractivity contribution in [2.45, 2.75) is 12.3 Å². The van der Waals surface area contributed by atoms with Gasteiger partial charge in [-0.3, -0.25) is 14.5 Å². The molecule has 0 bridgehead atoms. The summed E-state index contributed by atoms with van der Waals surface area (Å²) < 4.78 is 32.8. The SMILES string of the molecule is CCOC(=O)CN1C(=O)C(CO)(c2cc(F)c(F)cc2O)c2c(Br)cccc21. The molecule has 9 heteroatoms. The summed E-state index contributed by atoms with van der Waals surface area (Å²) in [6, 6.07) is 5.98. The standard InChI is InChI=1S/C19H16BrF2NO5/c1-2-28-16(26)8-23-14-5-3-4-11(20)17(14)19(9-24,18(23)27)10-6-12(21)13(22)7-15(10)25/h3-7,24-25H,2,8-9H2,1H3. The molecule has 1 aliphatic heterocycles. The van der Waals surface area contributed by atoms with Gasteiger partial charge in [-0.25, -0.2) is 8.78 Å². The maximum Gasteiger partial charge on any atom is 0.326 e. The molecule has 0 aliphatic carbocycles. The van der Waals surface area contributed by atoms with Crippen LogP contribution in [0.2, 0.25) is 0 Å². The lowest BCUT2D eigenvalue weighted by atomic mass is 9.75. The largest absolute Gasteiger partial charge is 0.508 e. The van der Waals surface area contributed by atoms with Crippen molar-refractivity contribution in [3.8, 4) is 5.75 Å². The molecule has 3 rings (SSSR count). The van der Waals surface area contributed by atoms with E-state index in [0.29, 0.717) is 16.6 Å². The van der Waals surface area contributed by atoms with Gasteiger partial charge in [0.2, 0.25) is 5.91 Å². The Hall–Kier alpha value is -2.52. The number of carbonyl (C=O) groups is 2. The number of aliphatic hydroxyl groups excluding tert-OH is 1. The molecule has 0 radical (unpaired) electrons. The van der Waals surface area contributed by atoms with Crippen molar-refractivity contribution in [2.75, 3.05) is 24.7 Å². The number of phenolic OH excluding ortho intramolecular Hbond substituents is 1. The lowest BCUT2D eigenvalue weighted by Crippen LogP contribution is -2.46. The minimum Gasteiger partial charge on any atom is -0.508 e. The van der Waals surface area contributed by atoms with E-state index in [-0.39, 0.29) is 23.4 Å². The average molecular weight is 456 g/mol. The topological polar surface area (TPSA) is 87.1 Å².